The topological polar surface area (TPSA) is 16.1 Å². The van der Waals surface area contributed by atoms with Gasteiger partial charge in [0.1, 0.15) is 0 Å². The lowest BCUT2D eigenvalue weighted by molar-refractivity contribution is 0.581. The van der Waals surface area contributed by atoms with Gasteiger partial charge in [0.2, 0.25) is 0 Å². The van der Waals surface area contributed by atoms with Crippen molar-refractivity contribution in [2.45, 2.75) is 26.2 Å². The van der Waals surface area contributed by atoms with Crippen LogP contribution in [0, 0.1) is 12.3 Å². The lowest BCUT2D eigenvalue weighted by Gasteiger charge is -2.18. The summed E-state index contributed by atoms with van der Waals surface area (Å²) in [5, 5.41) is 0. The second-order valence-electron chi connectivity index (χ2n) is 4.83. The molecule has 2 nitrogen and oxygen atoms in total. The predicted octanol–water partition coefficient (Wildman–Crippen LogP) is 2.38. The molecule has 0 unspecified atom stereocenters. The fourth-order valence-electron chi connectivity index (χ4n) is 2.47. The smallest absolute Gasteiger partial charge is 0.0399 e. The third kappa shape index (κ3) is 1.29. The molecule has 2 heterocycles. The number of hydrogen-bond donors (Lipinski definition) is 0. The zero-order valence-electron chi connectivity index (χ0n) is 8.66. The molecule has 3 rings (SSSR count). The number of hydrogen-bond acceptors (Lipinski definition) is 2. The quantitative estimate of drug-likeness (QED) is 0.672. The van der Waals surface area contributed by atoms with E-state index in [1.165, 1.54) is 38.0 Å². The molecule has 1 aromatic heterocycles. The van der Waals surface area contributed by atoms with Gasteiger partial charge in [-0.15, -0.1) is 0 Å². The highest BCUT2D eigenvalue weighted by molar-refractivity contribution is 5.48. The molecule has 2 heteroatoms. The van der Waals surface area contributed by atoms with Crippen molar-refractivity contribution in [2.75, 3.05) is 18.0 Å². The zero-order valence-corrected chi connectivity index (χ0v) is 8.66. The molecule has 1 aliphatic heterocycles. The number of pyridine rings is 1. The van der Waals surface area contributed by atoms with Crippen LogP contribution in [0.5, 0.6) is 0 Å². The van der Waals surface area contributed by atoms with Crippen LogP contribution >= 0.6 is 0 Å². The van der Waals surface area contributed by atoms with Gasteiger partial charge in [0.15, 0.2) is 0 Å². The lowest BCUT2D eigenvalue weighted by Crippen LogP contribution is -2.19. The molecule has 0 radical (unpaired) electrons. The van der Waals surface area contributed by atoms with Crippen molar-refractivity contribution in [3.8, 4) is 0 Å². The van der Waals surface area contributed by atoms with E-state index in [0.29, 0.717) is 0 Å². The average Bonchev–Trinajstić information content (AvgIpc) is 2.76. The lowest BCUT2D eigenvalue weighted by atomic mass is 10.1. The van der Waals surface area contributed by atoms with Gasteiger partial charge in [-0.05, 0) is 43.7 Å². The fourth-order valence-corrected chi connectivity index (χ4v) is 2.47. The van der Waals surface area contributed by atoms with Gasteiger partial charge in [0.25, 0.3) is 0 Å². The number of rotatable bonds is 1. The molecule has 14 heavy (non-hydrogen) atoms. The minimum absolute atomic E-state index is 0.719. The molecule has 1 saturated heterocycles. The summed E-state index contributed by atoms with van der Waals surface area (Å²) in [6.07, 6.45) is 6.22. The van der Waals surface area contributed by atoms with Crippen molar-refractivity contribution in [2.24, 2.45) is 5.41 Å². The molecule has 0 bridgehead atoms. The summed E-state index contributed by atoms with van der Waals surface area (Å²) >= 11 is 0. The second kappa shape index (κ2) is 2.72. The van der Waals surface area contributed by atoms with E-state index in [9.17, 15) is 0 Å². The first-order valence-electron chi connectivity index (χ1n) is 5.45. The van der Waals surface area contributed by atoms with Gasteiger partial charge in [-0.3, -0.25) is 4.98 Å². The maximum Gasteiger partial charge on any atom is 0.0399 e. The van der Waals surface area contributed by atoms with E-state index in [1.807, 2.05) is 6.20 Å². The van der Waals surface area contributed by atoms with Gasteiger partial charge in [-0.25, -0.2) is 0 Å². The second-order valence-corrected chi connectivity index (χ2v) is 4.83. The Bertz CT molecular complexity index is 355. The number of nitrogens with zero attached hydrogens (tertiary/aromatic N) is 2. The third-order valence-corrected chi connectivity index (χ3v) is 3.64. The number of anilines is 1. The van der Waals surface area contributed by atoms with E-state index >= 15 is 0 Å². The van der Waals surface area contributed by atoms with E-state index < -0.39 is 0 Å². The molecule has 1 aliphatic carbocycles. The summed E-state index contributed by atoms with van der Waals surface area (Å²) in [4.78, 5) is 6.75. The Kier molecular flexibility index (Phi) is 1.61. The minimum Gasteiger partial charge on any atom is -0.371 e. The molecule has 0 N–H and O–H groups in total. The molecule has 0 atom stereocenters. The van der Waals surface area contributed by atoms with Gasteiger partial charge in [0, 0.05) is 30.7 Å². The van der Waals surface area contributed by atoms with Gasteiger partial charge in [0.05, 0.1) is 0 Å². The summed E-state index contributed by atoms with van der Waals surface area (Å²) in [7, 11) is 0. The monoisotopic (exact) mass is 188 g/mol. The standard InChI is InChI=1S/C12H16N2/c1-10-8-11(2-6-13-10)14-7-5-12(9-14)3-4-12/h2,6,8H,3-5,7,9H2,1H3. The minimum atomic E-state index is 0.719. The molecule has 1 saturated carbocycles. The Morgan fingerprint density at radius 3 is 2.86 bits per heavy atom. The van der Waals surface area contributed by atoms with Crippen LogP contribution in [0.15, 0.2) is 18.3 Å². The van der Waals surface area contributed by atoms with E-state index in [-0.39, 0.29) is 0 Å². The highest BCUT2D eigenvalue weighted by Gasteiger charge is 2.47. The van der Waals surface area contributed by atoms with Crippen LogP contribution in [0.4, 0.5) is 5.69 Å². The van der Waals surface area contributed by atoms with Crippen LogP contribution in [0.3, 0.4) is 0 Å². The summed E-state index contributed by atoms with van der Waals surface area (Å²) in [6.45, 7) is 4.58. The Hall–Kier alpha value is -1.05. The molecular weight excluding hydrogens is 172 g/mol. The van der Waals surface area contributed by atoms with Crippen molar-refractivity contribution in [1.29, 1.82) is 0 Å². The molecule has 0 aromatic carbocycles. The maximum absolute atomic E-state index is 4.24. The normalized spacial score (nSPS) is 23.1. The molecule has 74 valence electrons. The van der Waals surface area contributed by atoms with Crippen LogP contribution in [0.25, 0.3) is 0 Å². The fraction of sp³-hybridized carbons (Fsp3) is 0.583. The molecular formula is C12H16N2. The Morgan fingerprint density at radius 2 is 2.21 bits per heavy atom. The van der Waals surface area contributed by atoms with Gasteiger partial charge >= 0.3 is 0 Å². The molecule has 2 fully saturated rings. The third-order valence-electron chi connectivity index (χ3n) is 3.64. The molecule has 0 amide bonds. The van der Waals surface area contributed by atoms with Crippen molar-refractivity contribution < 1.29 is 0 Å². The van der Waals surface area contributed by atoms with E-state index in [1.54, 1.807) is 0 Å². The highest BCUT2D eigenvalue weighted by Crippen LogP contribution is 2.53. The summed E-state index contributed by atoms with van der Waals surface area (Å²) in [5.74, 6) is 0. The number of aryl methyl sites for hydroxylation is 1. The molecule has 1 aromatic rings. The molecule has 2 aliphatic rings. The van der Waals surface area contributed by atoms with Crippen molar-refractivity contribution in [1.82, 2.24) is 4.98 Å². The van der Waals surface area contributed by atoms with Crippen molar-refractivity contribution in [3.63, 3.8) is 0 Å². The number of aromatic nitrogens is 1. The Morgan fingerprint density at radius 1 is 1.36 bits per heavy atom. The first-order chi connectivity index (χ1) is 6.77. The predicted molar refractivity (Wildman–Crippen MR) is 57.5 cm³/mol. The largest absolute Gasteiger partial charge is 0.371 e. The SMILES string of the molecule is Cc1cc(N2CCC3(CC3)C2)ccn1. The summed E-state index contributed by atoms with van der Waals surface area (Å²) < 4.78 is 0. The molecule has 1 spiro atoms. The van der Waals surface area contributed by atoms with Crippen LogP contribution < -0.4 is 4.90 Å². The van der Waals surface area contributed by atoms with Crippen molar-refractivity contribution in [3.05, 3.63) is 24.0 Å². The van der Waals surface area contributed by atoms with E-state index in [0.717, 1.165) is 11.1 Å². The van der Waals surface area contributed by atoms with Gasteiger partial charge < -0.3 is 4.90 Å². The van der Waals surface area contributed by atoms with Crippen LogP contribution in [-0.4, -0.2) is 18.1 Å². The Labute approximate surface area is 85.0 Å². The van der Waals surface area contributed by atoms with E-state index in [2.05, 4.69) is 28.9 Å². The zero-order chi connectivity index (χ0) is 9.60. The average molecular weight is 188 g/mol. The summed E-state index contributed by atoms with van der Waals surface area (Å²) in [5.41, 5.74) is 3.21. The highest BCUT2D eigenvalue weighted by atomic mass is 15.2. The van der Waals surface area contributed by atoms with E-state index in [4.69, 9.17) is 0 Å². The van der Waals surface area contributed by atoms with Gasteiger partial charge in [-0.2, -0.15) is 0 Å². The first kappa shape index (κ1) is 8.27. The first-order valence-corrected chi connectivity index (χ1v) is 5.45. The van der Waals surface area contributed by atoms with Gasteiger partial charge in [-0.1, -0.05) is 0 Å². The van der Waals surface area contributed by atoms with Crippen LogP contribution in [-0.2, 0) is 0 Å². The maximum atomic E-state index is 4.24. The van der Waals surface area contributed by atoms with Crippen molar-refractivity contribution >= 4 is 5.69 Å². The van der Waals surface area contributed by atoms with Crippen LogP contribution in [0.1, 0.15) is 25.0 Å². The summed E-state index contributed by atoms with van der Waals surface area (Å²) in [6, 6.07) is 4.33. The van der Waals surface area contributed by atoms with Crippen LogP contribution in [0.2, 0.25) is 0 Å². The Balaban J connectivity index is 1.82.